The topological polar surface area (TPSA) is 147 Å². The average Bonchev–Trinajstić information content (AvgIpc) is 3.17. The van der Waals surface area contributed by atoms with Crippen molar-refractivity contribution in [3.63, 3.8) is 0 Å². The predicted octanol–water partition coefficient (Wildman–Crippen LogP) is 2.04. The van der Waals surface area contributed by atoms with Gasteiger partial charge in [-0.05, 0) is 37.8 Å². The summed E-state index contributed by atoms with van der Waals surface area (Å²) in [4.78, 5) is 47.8. The highest BCUT2D eigenvalue weighted by Gasteiger charge is 2.48. The normalized spacial score (nSPS) is 27.0. The zero-order valence-electron chi connectivity index (χ0n) is 20.8. The number of hydrogen-bond acceptors (Lipinski definition) is 9. The third-order valence-corrected chi connectivity index (χ3v) is 8.20. The van der Waals surface area contributed by atoms with Gasteiger partial charge in [0.1, 0.15) is 22.7 Å². The van der Waals surface area contributed by atoms with Gasteiger partial charge in [0.05, 0.1) is 12.6 Å². The molecule has 1 aliphatic carbocycles. The Morgan fingerprint density at radius 1 is 1.08 bits per heavy atom. The molecule has 1 saturated carbocycles. The number of alkyl carbamates (subject to hydrolysis) is 1. The summed E-state index contributed by atoms with van der Waals surface area (Å²) < 4.78 is 11.1. The summed E-state index contributed by atoms with van der Waals surface area (Å²) >= 11 is 0. The van der Waals surface area contributed by atoms with Crippen molar-refractivity contribution in [3.8, 4) is 5.75 Å². The van der Waals surface area contributed by atoms with E-state index in [2.05, 4.69) is 26.2 Å². The molecule has 4 fully saturated rings. The van der Waals surface area contributed by atoms with Crippen LogP contribution in [0.3, 0.4) is 0 Å². The first-order chi connectivity index (χ1) is 17.9. The maximum atomic E-state index is 12.3. The number of ether oxygens (including phenoxy) is 2. The lowest BCUT2D eigenvalue weighted by atomic mass is 9.79. The van der Waals surface area contributed by atoms with E-state index >= 15 is 0 Å². The van der Waals surface area contributed by atoms with Gasteiger partial charge < -0.3 is 30.3 Å². The van der Waals surface area contributed by atoms with Crippen molar-refractivity contribution in [3.05, 3.63) is 18.2 Å². The molecule has 0 bridgehead atoms. The van der Waals surface area contributed by atoms with E-state index in [4.69, 9.17) is 19.4 Å². The Bertz CT molecular complexity index is 1250. The first-order valence-electron chi connectivity index (χ1n) is 12.8. The molecule has 3 aliphatic heterocycles. The highest BCUT2D eigenvalue weighted by atomic mass is 16.6. The zero-order valence-corrected chi connectivity index (χ0v) is 20.8. The molecule has 4 heterocycles. The Balaban J connectivity index is 1.23. The third kappa shape index (κ3) is 4.34. The van der Waals surface area contributed by atoms with Crippen LogP contribution in [0.4, 0.5) is 21.4 Å². The van der Waals surface area contributed by atoms with Crippen molar-refractivity contribution in [1.82, 2.24) is 25.9 Å². The summed E-state index contributed by atoms with van der Waals surface area (Å²) in [6.07, 6.45) is 4.47. The minimum absolute atomic E-state index is 0.0998. The highest BCUT2D eigenvalue weighted by Crippen LogP contribution is 2.36. The molecule has 1 aromatic heterocycles. The number of aromatic nitrogens is 2. The molecule has 3 saturated heterocycles. The van der Waals surface area contributed by atoms with Gasteiger partial charge in [0.2, 0.25) is 5.95 Å². The fourth-order valence-electron chi connectivity index (χ4n) is 5.95. The molecular formula is C25H31N7O5. The standard InChI is InChI=1S/C25H31N7O5/c1-36-16-2-3-17-18(14-16)28-21(32-12-9-24(10-13-32)8-11-26-23(35)37-24)29-19(17)27-15-4-6-25(7-5-15)20(33)30-22(34)31-25/h2-3,14-15H,4-13H2,1H3,(H,26,35)(H,27,28,29)(H2,30,31,33,34). The van der Waals surface area contributed by atoms with Crippen LogP contribution in [0, 0.1) is 0 Å². The molecule has 1 aromatic carbocycles. The Labute approximate surface area is 213 Å². The number of piperidine rings is 1. The third-order valence-electron chi connectivity index (χ3n) is 8.20. The quantitative estimate of drug-likeness (QED) is 0.455. The molecule has 2 spiro atoms. The number of carbonyl (C=O) groups is 3. The van der Waals surface area contributed by atoms with Gasteiger partial charge in [-0.2, -0.15) is 4.98 Å². The summed E-state index contributed by atoms with van der Waals surface area (Å²) in [5.41, 5.74) is -0.446. The largest absolute Gasteiger partial charge is 0.497 e. The monoisotopic (exact) mass is 509 g/mol. The van der Waals surface area contributed by atoms with Crippen LogP contribution < -0.4 is 30.9 Å². The Morgan fingerprint density at radius 3 is 2.54 bits per heavy atom. The van der Waals surface area contributed by atoms with Gasteiger partial charge in [-0.25, -0.2) is 14.6 Å². The van der Waals surface area contributed by atoms with Crippen LogP contribution in [-0.4, -0.2) is 71.9 Å². The fourth-order valence-corrected chi connectivity index (χ4v) is 5.95. The summed E-state index contributed by atoms with van der Waals surface area (Å²) in [6, 6.07) is 5.43. The van der Waals surface area contributed by atoms with Gasteiger partial charge in [0.25, 0.3) is 5.91 Å². The number of methoxy groups -OCH3 is 1. The lowest BCUT2D eigenvalue weighted by Gasteiger charge is -2.43. The van der Waals surface area contributed by atoms with E-state index in [0.717, 1.165) is 48.8 Å². The van der Waals surface area contributed by atoms with Crippen molar-refractivity contribution < 1.29 is 23.9 Å². The van der Waals surface area contributed by atoms with Gasteiger partial charge in [0, 0.05) is 56.4 Å². The number of benzene rings is 1. The van der Waals surface area contributed by atoms with Crippen molar-refractivity contribution >= 4 is 40.7 Å². The number of nitrogens with zero attached hydrogens (tertiary/aromatic N) is 3. The molecule has 196 valence electrons. The van der Waals surface area contributed by atoms with Crippen LogP contribution in [0.5, 0.6) is 5.75 Å². The van der Waals surface area contributed by atoms with Crippen LogP contribution in [0.15, 0.2) is 18.2 Å². The summed E-state index contributed by atoms with van der Waals surface area (Å²) in [5.74, 6) is 1.83. The second-order valence-electron chi connectivity index (χ2n) is 10.4. The molecule has 4 N–H and O–H groups in total. The predicted molar refractivity (Wildman–Crippen MR) is 135 cm³/mol. The number of imide groups is 1. The number of hydrogen-bond donors (Lipinski definition) is 4. The number of fused-ring (bicyclic) bond motifs is 1. The summed E-state index contributed by atoms with van der Waals surface area (Å²) in [5, 5.41) is 12.4. The molecule has 4 aliphatic rings. The second-order valence-corrected chi connectivity index (χ2v) is 10.4. The SMILES string of the molecule is COc1ccc2c(NC3CCC4(CC3)NC(=O)NC4=O)nc(N3CCC4(CCNC(=O)O4)CC3)nc2c1. The number of anilines is 2. The lowest BCUT2D eigenvalue weighted by molar-refractivity contribution is -0.125. The molecule has 12 heteroatoms. The van der Waals surface area contributed by atoms with Gasteiger partial charge in [-0.1, -0.05) is 0 Å². The zero-order chi connectivity index (χ0) is 25.6. The fraction of sp³-hybridized carbons (Fsp3) is 0.560. The molecule has 0 atom stereocenters. The average molecular weight is 510 g/mol. The number of urea groups is 1. The molecule has 12 nitrogen and oxygen atoms in total. The molecule has 0 unspecified atom stereocenters. The second kappa shape index (κ2) is 8.93. The number of amides is 4. The summed E-state index contributed by atoms with van der Waals surface area (Å²) in [6.45, 7) is 2.00. The van der Waals surface area contributed by atoms with Crippen LogP contribution >= 0.6 is 0 Å². The van der Waals surface area contributed by atoms with E-state index in [9.17, 15) is 14.4 Å². The van der Waals surface area contributed by atoms with E-state index in [1.54, 1.807) is 7.11 Å². The van der Waals surface area contributed by atoms with Crippen LogP contribution in [0.25, 0.3) is 10.9 Å². The smallest absolute Gasteiger partial charge is 0.407 e. The summed E-state index contributed by atoms with van der Waals surface area (Å²) in [7, 11) is 1.63. The van der Waals surface area contributed by atoms with Gasteiger partial charge in [0.15, 0.2) is 0 Å². The van der Waals surface area contributed by atoms with E-state index in [0.29, 0.717) is 44.2 Å². The van der Waals surface area contributed by atoms with Gasteiger partial charge in [-0.3, -0.25) is 10.1 Å². The van der Waals surface area contributed by atoms with Gasteiger partial charge in [-0.15, -0.1) is 0 Å². The Morgan fingerprint density at radius 2 is 1.86 bits per heavy atom. The minimum atomic E-state index is -0.802. The maximum Gasteiger partial charge on any atom is 0.407 e. The first kappa shape index (κ1) is 23.6. The number of rotatable bonds is 4. The Kier molecular flexibility index (Phi) is 5.68. The van der Waals surface area contributed by atoms with Crippen molar-refractivity contribution in [2.45, 2.75) is 62.1 Å². The van der Waals surface area contributed by atoms with Crippen molar-refractivity contribution in [2.24, 2.45) is 0 Å². The van der Waals surface area contributed by atoms with E-state index in [1.807, 2.05) is 18.2 Å². The molecule has 6 rings (SSSR count). The molecule has 4 amide bonds. The van der Waals surface area contributed by atoms with E-state index in [-0.39, 0.29) is 18.0 Å². The van der Waals surface area contributed by atoms with Gasteiger partial charge >= 0.3 is 12.1 Å². The maximum absolute atomic E-state index is 12.3. The molecular weight excluding hydrogens is 478 g/mol. The first-order valence-corrected chi connectivity index (χ1v) is 12.8. The minimum Gasteiger partial charge on any atom is -0.497 e. The highest BCUT2D eigenvalue weighted by molar-refractivity contribution is 6.07. The Hall–Kier alpha value is -3.83. The lowest BCUT2D eigenvalue weighted by Crippen LogP contribution is -2.53. The van der Waals surface area contributed by atoms with E-state index < -0.39 is 17.2 Å². The number of carbonyl (C=O) groups excluding carboxylic acids is 3. The van der Waals surface area contributed by atoms with Crippen molar-refractivity contribution in [1.29, 1.82) is 0 Å². The van der Waals surface area contributed by atoms with E-state index in [1.165, 1.54) is 0 Å². The van der Waals surface area contributed by atoms with Crippen LogP contribution in [0.1, 0.15) is 44.9 Å². The van der Waals surface area contributed by atoms with Crippen LogP contribution in [0.2, 0.25) is 0 Å². The van der Waals surface area contributed by atoms with Crippen molar-refractivity contribution in [2.75, 3.05) is 37.0 Å². The molecule has 0 radical (unpaired) electrons. The van der Waals surface area contributed by atoms with Crippen LogP contribution in [-0.2, 0) is 9.53 Å². The molecule has 37 heavy (non-hydrogen) atoms. The number of nitrogens with one attached hydrogen (secondary N) is 4. The molecule has 2 aromatic rings.